The Bertz CT molecular complexity index is 417. The second-order valence-corrected chi connectivity index (χ2v) is 6.17. The number of esters is 1. The second-order valence-electron chi connectivity index (χ2n) is 6.17. The molecule has 0 bridgehead atoms. The fourth-order valence-electron chi connectivity index (χ4n) is 1.93. The van der Waals surface area contributed by atoms with Gasteiger partial charge >= 0.3 is 17.8 Å². The molecule has 7 nitrogen and oxygen atoms in total. The molecule has 1 saturated heterocycles. The topological polar surface area (TPSA) is 76.2 Å². The number of rotatable bonds is 7. The lowest BCUT2D eigenvalue weighted by Gasteiger charge is -2.33. The van der Waals surface area contributed by atoms with E-state index in [2.05, 4.69) is 0 Å². The largest absolute Gasteiger partial charge is 0.463 e. The zero-order valence-electron chi connectivity index (χ0n) is 13.9. The molecule has 0 spiro atoms. The average molecular weight is 314 g/mol. The third-order valence-electron chi connectivity index (χ3n) is 3.31. The van der Waals surface area contributed by atoms with Gasteiger partial charge in [0.2, 0.25) is 0 Å². The van der Waals surface area contributed by atoms with Crippen LogP contribution in [0.25, 0.3) is 0 Å². The van der Waals surface area contributed by atoms with Crippen molar-refractivity contribution in [1.29, 1.82) is 0 Å². The van der Waals surface area contributed by atoms with Crippen molar-refractivity contribution in [3.63, 3.8) is 0 Å². The van der Waals surface area contributed by atoms with Crippen molar-refractivity contribution in [1.82, 2.24) is 9.80 Å². The first kappa shape index (κ1) is 18.4. The number of ether oxygens (including phenoxy) is 2. The molecule has 1 rings (SSSR count). The van der Waals surface area contributed by atoms with Crippen molar-refractivity contribution in [3.8, 4) is 0 Å². The molecule has 0 unspecified atom stereocenters. The number of carbonyl (C=O) groups is 3. The molecule has 22 heavy (non-hydrogen) atoms. The molecule has 7 heteroatoms. The van der Waals surface area contributed by atoms with Gasteiger partial charge in [0.25, 0.3) is 0 Å². The predicted molar refractivity (Wildman–Crippen MR) is 80.1 cm³/mol. The van der Waals surface area contributed by atoms with E-state index in [1.807, 2.05) is 6.92 Å². The first-order chi connectivity index (χ1) is 10.3. The second kappa shape index (κ2) is 8.12. The van der Waals surface area contributed by atoms with Gasteiger partial charge in [0.1, 0.15) is 6.61 Å². The number of nitrogens with zero attached hydrogens (tertiary/aromatic N) is 2. The molecule has 126 valence electrons. The van der Waals surface area contributed by atoms with Gasteiger partial charge in [-0.05, 0) is 27.7 Å². The smallest absolute Gasteiger partial charge is 0.312 e. The fourth-order valence-corrected chi connectivity index (χ4v) is 1.93. The minimum atomic E-state index is -0.572. The zero-order valence-corrected chi connectivity index (χ0v) is 13.9. The maximum atomic E-state index is 12.0. The van der Waals surface area contributed by atoms with E-state index in [1.165, 1.54) is 9.80 Å². The Morgan fingerprint density at radius 1 is 1.05 bits per heavy atom. The molecular weight excluding hydrogens is 288 g/mol. The van der Waals surface area contributed by atoms with Crippen LogP contribution >= 0.6 is 0 Å². The SMILES string of the molecule is CCOCCN1CCN(CCOC(=O)C(C)(C)C)C(=O)C1=O. The van der Waals surface area contributed by atoms with Crippen LogP contribution in [0.3, 0.4) is 0 Å². The van der Waals surface area contributed by atoms with Crippen LogP contribution in [0.2, 0.25) is 0 Å². The average Bonchev–Trinajstić information content (AvgIpc) is 2.44. The Morgan fingerprint density at radius 2 is 1.55 bits per heavy atom. The van der Waals surface area contributed by atoms with Gasteiger partial charge in [-0.2, -0.15) is 0 Å². The maximum absolute atomic E-state index is 12.0. The summed E-state index contributed by atoms with van der Waals surface area (Å²) in [6.07, 6.45) is 0. The maximum Gasteiger partial charge on any atom is 0.312 e. The minimum Gasteiger partial charge on any atom is -0.463 e. The van der Waals surface area contributed by atoms with Crippen molar-refractivity contribution in [2.24, 2.45) is 5.41 Å². The monoisotopic (exact) mass is 314 g/mol. The minimum absolute atomic E-state index is 0.105. The fraction of sp³-hybridized carbons (Fsp3) is 0.800. The number of carbonyl (C=O) groups excluding carboxylic acids is 3. The van der Waals surface area contributed by atoms with Crippen molar-refractivity contribution in [2.45, 2.75) is 27.7 Å². The summed E-state index contributed by atoms with van der Waals surface area (Å²) in [5.41, 5.74) is -0.572. The third kappa shape index (κ3) is 5.29. The summed E-state index contributed by atoms with van der Waals surface area (Å²) in [6, 6.07) is 0. The highest BCUT2D eigenvalue weighted by atomic mass is 16.5. The molecule has 0 aliphatic carbocycles. The normalized spacial score (nSPS) is 16.2. The molecule has 0 aromatic carbocycles. The van der Waals surface area contributed by atoms with Gasteiger partial charge in [-0.1, -0.05) is 0 Å². The van der Waals surface area contributed by atoms with E-state index >= 15 is 0 Å². The quantitative estimate of drug-likeness (QED) is 0.383. The van der Waals surface area contributed by atoms with Gasteiger partial charge in [-0.15, -0.1) is 0 Å². The van der Waals surface area contributed by atoms with Crippen LogP contribution in [-0.4, -0.2) is 73.6 Å². The van der Waals surface area contributed by atoms with Gasteiger partial charge in [0, 0.05) is 26.2 Å². The highest BCUT2D eigenvalue weighted by molar-refractivity contribution is 6.35. The summed E-state index contributed by atoms with van der Waals surface area (Å²) in [4.78, 5) is 38.5. The Kier molecular flexibility index (Phi) is 6.80. The van der Waals surface area contributed by atoms with Crippen molar-refractivity contribution >= 4 is 17.8 Å². The van der Waals surface area contributed by atoms with Crippen LogP contribution in [0.15, 0.2) is 0 Å². The molecule has 0 saturated carbocycles. The number of hydrogen-bond acceptors (Lipinski definition) is 5. The Hall–Kier alpha value is -1.63. The lowest BCUT2D eigenvalue weighted by Crippen LogP contribution is -2.55. The zero-order chi connectivity index (χ0) is 16.8. The Balaban J connectivity index is 2.38. The van der Waals surface area contributed by atoms with Crippen LogP contribution in [0.4, 0.5) is 0 Å². The molecule has 2 amide bonds. The van der Waals surface area contributed by atoms with Gasteiger partial charge in [-0.3, -0.25) is 14.4 Å². The number of amides is 2. The van der Waals surface area contributed by atoms with Crippen LogP contribution in [0, 0.1) is 5.41 Å². The van der Waals surface area contributed by atoms with E-state index in [4.69, 9.17) is 9.47 Å². The van der Waals surface area contributed by atoms with E-state index in [-0.39, 0.29) is 19.1 Å². The van der Waals surface area contributed by atoms with Gasteiger partial charge < -0.3 is 19.3 Å². The first-order valence-corrected chi connectivity index (χ1v) is 7.60. The van der Waals surface area contributed by atoms with E-state index < -0.39 is 17.2 Å². The summed E-state index contributed by atoms with van der Waals surface area (Å²) < 4.78 is 10.3. The molecule has 0 atom stereocenters. The molecular formula is C15H26N2O5. The predicted octanol–water partition coefficient (Wildman–Crippen LogP) is 0.283. The first-order valence-electron chi connectivity index (χ1n) is 7.60. The number of piperazine rings is 1. The summed E-state index contributed by atoms with van der Waals surface area (Å²) >= 11 is 0. The molecule has 1 aliphatic heterocycles. The molecule has 0 aromatic rings. The summed E-state index contributed by atoms with van der Waals surface area (Å²) in [6.45, 7) is 9.88. The standard InChI is InChI=1S/C15H26N2O5/c1-5-21-10-8-16-6-7-17(13(19)12(16)18)9-11-22-14(20)15(2,3)4/h5-11H2,1-4H3. The van der Waals surface area contributed by atoms with Gasteiger partial charge in [0.05, 0.1) is 18.6 Å². The van der Waals surface area contributed by atoms with Crippen LogP contribution in [-0.2, 0) is 23.9 Å². The molecule has 0 radical (unpaired) electrons. The molecule has 1 aliphatic rings. The molecule has 0 N–H and O–H groups in total. The van der Waals surface area contributed by atoms with Crippen LogP contribution in [0.1, 0.15) is 27.7 Å². The lowest BCUT2D eigenvalue weighted by molar-refractivity contribution is -0.159. The highest BCUT2D eigenvalue weighted by Crippen LogP contribution is 2.15. The van der Waals surface area contributed by atoms with E-state index in [0.29, 0.717) is 32.8 Å². The summed E-state index contributed by atoms with van der Waals surface area (Å²) in [7, 11) is 0. The Morgan fingerprint density at radius 3 is 2.00 bits per heavy atom. The van der Waals surface area contributed by atoms with Crippen LogP contribution in [0.5, 0.6) is 0 Å². The highest BCUT2D eigenvalue weighted by Gasteiger charge is 2.32. The van der Waals surface area contributed by atoms with Gasteiger partial charge in [-0.25, -0.2) is 0 Å². The molecule has 1 fully saturated rings. The third-order valence-corrected chi connectivity index (χ3v) is 3.31. The summed E-state index contributed by atoms with van der Waals surface area (Å²) in [5.74, 6) is -1.38. The van der Waals surface area contributed by atoms with Crippen molar-refractivity contribution < 1.29 is 23.9 Å². The molecule has 1 heterocycles. The van der Waals surface area contributed by atoms with Crippen LogP contribution < -0.4 is 0 Å². The molecule has 0 aromatic heterocycles. The Labute approximate surface area is 131 Å². The summed E-state index contributed by atoms with van der Waals surface area (Å²) in [5, 5.41) is 0. The lowest BCUT2D eigenvalue weighted by atomic mass is 9.97. The van der Waals surface area contributed by atoms with Crippen molar-refractivity contribution in [2.75, 3.05) is 46.0 Å². The van der Waals surface area contributed by atoms with E-state index in [1.54, 1.807) is 20.8 Å². The van der Waals surface area contributed by atoms with Crippen molar-refractivity contribution in [3.05, 3.63) is 0 Å². The number of hydrogen-bond donors (Lipinski definition) is 0. The van der Waals surface area contributed by atoms with E-state index in [0.717, 1.165) is 0 Å². The van der Waals surface area contributed by atoms with E-state index in [9.17, 15) is 14.4 Å². The van der Waals surface area contributed by atoms with Gasteiger partial charge in [0.15, 0.2) is 0 Å².